The van der Waals surface area contributed by atoms with Gasteiger partial charge in [-0.2, -0.15) is 17.2 Å². The summed E-state index contributed by atoms with van der Waals surface area (Å²) in [6, 6.07) is 0. The van der Waals surface area contributed by atoms with Gasteiger partial charge in [0.2, 0.25) is 0 Å². The van der Waals surface area contributed by atoms with E-state index in [9.17, 15) is 22.8 Å². The third kappa shape index (κ3) is 10.8. The Morgan fingerprint density at radius 3 is 1.09 bits per heavy atom. The fourth-order valence-corrected chi connectivity index (χ4v) is 6.46. The highest BCUT2D eigenvalue weighted by Crippen LogP contribution is 2.73. The van der Waals surface area contributed by atoms with Crippen molar-refractivity contribution in [3.63, 3.8) is 0 Å². The van der Waals surface area contributed by atoms with Crippen LogP contribution in [0.2, 0.25) is 0 Å². The van der Waals surface area contributed by atoms with Crippen LogP contribution in [0, 0.1) is 0 Å². The molecule has 5 atom stereocenters. The molecule has 0 fully saturated rings. The first-order chi connectivity index (χ1) is 9.39. The van der Waals surface area contributed by atoms with Crippen LogP contribution in [-0.2, 0) is 44.4 Å². The molecule has 5 unspecified atom stereocenters. The molecule has 0 aliphatic carbocycles. The third-order valence-electron chi connectivity index (χ3n) is 0.962. The minimum atomic E-state index is -6.03. The summed E-state index contributed by atoms with van der Waals surface area (Å²) in [6.45, 7) is 0. The number of rotatable bonds is 9. The van der Waals surface area contributed by atoms with Crippen molar-refractivity contribution in [3.8, 4) is 0 Å². The number of hydrogen-bond donors (Lipinski definition) is 6. The van der Waals surface area contributed by atoms with Crippen LogP contribution in [0.4, 0.5) is 0 Å². The molecule has 16 nitrogen and oxygen atoms in total. The second-order valence-electron chi connectivity index (χ2n) is 2.80. The van der Waals surface area contributed by atoms with Crippen molar-refractivity contribution < 1.29 is 73.7 Å². The maximum atomic E-state index is 11.1. The highest BCUT2D eigenvalue weighted by Gasteiger charge is 2.47. The minimum Gasteiger partial charge on any atom is -0.302 e. The van der Waals surface area contributed by atoms with Crippen molar-refractivity contribution in [1.82, 2.24) is 0 Å². The highest BCUT2D eigenvalue weighted by atomic mass is 31.3. The molecule has 0 aromatic rings. The average Bonchev–Trinajstić information content (AvgIpc) is 2.06. The SMILES string of the molecule is O=P(O)(O)OP(=O)(O)OP(=O)(O)OP(=O)(O)OP(=O)(O)OP. The Balaban J connectivity index is 5.09. The zero-order chi connectivity index (χ0) is 18.0. The maximum Gasteiger partial charge on any atom is 0.490 e. The molecule has 0 bridgehead atoms. The number of phosphoric acid groups is 5. The summed E-state index contributed by atoms with van der Waals surface area (Å²) in [5, 5.41) is 0. The summed E-state index contributed by atoms with van der Waals surface area (Å²) in [5.41, 5.74) is 0. The Morgan fingerprint density at radius 1 is 0.545 bits per heavy atom. The smallest absolute Gasteiger partial charge is 0.302 e. The van der Waals surface area contributed by atoms with Gasteiger partial charge in [0.25, 0.3) is 0 Å². The van der Waals surface area contributed by atoms with E-state index in [1.165, 1.54) is 0 Å². The average molecular weight is 450 g/mol. The van der Waals surface area contributed by atoms with Gasteiger partial charge in [-0.25, -0.2) is 22.8 Å². The van der Waals surface area contributed by atoms with Gasteiger partial charge in [0.05, 0.1) is 0 Å². The highest BCUT2D eigenvalue weighted by molar-refractivity contribution is 7.71. The lowest BCUT2D eigenvalue weighted by Gasteiger charge is -2.18. The van der Waals surface area contributed by atoms with Crippen LogP contribution in [0.3, 0.4) is 0 Å². The molecule has 134 valence electrons. The zero-order valence-electron chi connectivity index (χ0n) is 9.58. The quantitative estimate of drug-likeness (QED) is 0.259. The Hall–Kier alpha value is 1.14. The molecular formula is H8O16P6. The normalized spacial score (nSPS) is 23.8. The monoisotopic (exact) mass is 450 g/mol. The lowest BCUT2D eigenvalue weighted by atomic mass is 15.7. The van der Waals surface area contributed by atoms with Gasteiger partial charge in [0.1, 0.15) is 0 Å². The molecule has 0 saturated carbocycles. The van der Waals surface area contributed by atoms with E-state index in [1.807, 2.05) is 0 Å². The fraction of sp³-hybridized carbons (Fsp3) is 0. The zero-order valence-corrected chi connectivity index (χ0v) is 15.2. The lowest BCUT2D eigenvalue weighted by molar-refractivity contribution is 0.190. The summed E-state index contributed by atoms with van der Waals surface area (Å²) in [6.07, 6.45) is 0. The molecule has 0 amide bonds. The van der Waals surface area contributed by atoms with Gasteiger partial charge < -0.3 is 29.4 Å². The van der Waals surface area contributed by atoms with Crippen molar-refractivity contribution in [3.05, 3.63) is 0 Å². The first kappa shape index (κ1) is 23.1. The van der Waals surface area contributed by atoms with Crippen LogP contribution < -0.4 is 0 Å². The van der Waals surface area contributed by atoms with Crippen molar-refractivity contribution in [2.24, 2.45) is 0 Å². The largest absolute Gasteiger partial charge is 0.490 e. The van der Waals surface area contributed by atoms with Crippen molar-refractivity contribution in [2.75, 3.05) is 0 Å². The van der Waals surface area contributed by atoms with E-state index >= 15 is 0 Å². The lowest BCUT2D eigenvalue weighted by Crippen LogP contribution is -1.97. The summed E-state index contributed by atoms with van der Waals surface area (Å²) >= 11 is 0. The molecule has 22 heteroatoms. The molecular weight excluding hydrogens is 442 g/mol. The van der Waals surface area contributed by atoms with E-state index in [0.717, 1.165) is 9.47 Å². The van der Waals surface area contributed by atoms with E-state index in [1.54, 1.807) is 0 Å². The van der Waals surface area contributed by atoms with Gasteiger partial charge in [-0.05, 0) is 0 Å². The van der Waals surface area contributed by atoms with Gasteiger partial charge in [-0.3, -0.25) is 4.31 Å². The summed E-state index contributed by atoms with van der Waals surface area (Å²) in [5.74, 6) is 0. The molecule has 0 rings (SSSR count). The predicted octanol–water partition coefficient (Wildman–Crippen LogP) is 0.354. The summed E-state index contributed by atoms with van der Waals surface area (Å²) < 4.78 is 70.9. The van der Waals surface area contributed by atoms with E-state index in [0.29, 0.717) is 0 Å². The van der Waals surface area contributed by atoms with Crippen LogP contribution in [0.1, 0.15) is 0 Å². The second kappa shape index (κ2) is 7.58. The van der Waals surface area contributed by atoms with E-state index in [-0.39, 0.29) is 0 Å². The molecule has 22 heavy (non-hydrogen) atoms. The van der Waals surface area contributed by atoms with Gasteiger partial charge in [0.15, 0.2) is 0 Å². The second-order valence-corrected chi connectivity index (χ2v) is 11.0. The summed E-state index contributed by atoms with van der Waals surface area (Å²) in [7, 11) is -27.6. The van der Waals surface area contributed by atoms with Crippen LogP contribution in [0.15, 0.2) is 0 Å². The Labute approximate surface area is 123 Å². The molecule has 6 N–H and O–H groups in total. The third-order valence-corrected chi connectivity index (χ3v) is 8.66. The topological polar surface area (TPSA) is 253 Å². The molecule has 0 aliphatic rings. The van der Waals surface area contributed by atoms with Gasteiger partial charge >= 0.3 is 39.1 Å². The van der Waals surface area contributed by atoms with Crippen LogP contribution >= 0.6 is 48.6 Å². The van der Waals surface area contributed by atoms with Crippen molar-refractivity contribution in [1.29, 1.82) is 0 Å². The van der Waals surface area contributed by atoms with Crippen LogP contribution in [0.5, 0.6) is 0 Å². The van der Waals surface area contributed by atoms with Crippen LogP contribution in [-0.4, -0.2) is 29.4 Å². The molecule has 0 radical (unpaired) electrons. The van der Waals surface area contributed by atoms with E-state index in [4.69, 9.17) is 29.4 Å². The van der Waals surface area contributed by atoms with Crippen LogP contribution in [0.25, 0.3) is 0 Å². The molecule has 0 aliphatic heterocycles. The van der Waals surface area contributed by atoms with Gasteiger partial charge in [-0.15, -0.1) is 0 Å². The molecule has 0 spiro atoms. The predicted molar refractivity (Wildman–Crippen MR) is 66.5 cm³/mol. The first-order valence-corrected chi connectivity index (χ1v) is 12.0. The summed E-state index contributed by atoms with van der Waals surface area (Å²) in [4.78, 5) is 51.6. The Bertz CT molecular complexity index is 619. The van der Waals surface area contributed by atoms with Crippen molar-refractivity contribution >= 4 is 48.6 Å². The van der Waals surface area contributed by atoms with Gasteiger partial charge in [0, 0.05) is 9.47 Å². The fourth-order valence-electron chi connectivity index (χ4n) is 0.590. The number of hydrogen-bond acceptors (Lipinski definition) is 10. The van der Waals surface area contributed by atoms with Crippen molar-refractivity contribution in [2.45, 2.75) is 0 Å². The standard InChI is InChI=1S/H8O16P6/c1-18(2,3)13-20(6,7)15-22(10,11)16-21(8,9)14-19(4,5)12-17/h17H2,(H,4,5)(H,6,7)(H,8,9)(H,10,11)(H2,1,2,3). The Kier molecular flexibility index (Phi) is 7.97. The maximum absolute atomic E-state index is 11.1. The molecule has 0 aromatic heterocycles. The molecule has 0 aromatic carbocycles. The minimum absolute atomic E-state index is 1.15. The first-order valence-electron chi connectivity index (χ1n) is 3.99. The van der Waals surface area contributed by atoms with E-state index in [2.05, 4.69) is 21.6 Å². The Morgan fingerprint density at radius 2 is 0.818 bits per heavy atom. The molecule has 0 saturated heterocycles. The molecule has 0 heterocycles. The van der Waals surface area contributed by atoms with E-state index < -0.39 is 39.1 Å². The van der Waals surface area contributed by atoms with Gasteiger partial charge in [-0.1, -0.05) is 0 Å².